The first-order valence-corrected chi connectivity index (χ1v) is 6.73. The Hall–Kier alpha value is -0.280. The van der Waals surface area contributed by atoms with Crippen molar-refractivity contribution in [2.45, 2.75) is 25.9 Å². The van der Waals surface area contributed by atoms with E-state index in [0.717, 1.165) is 19.6 Å². The Labute approximate surface area is 113 Å². The third-order valence-electron chi connectivity index (χ3n) is 3.38. The Morgan fingerprint density at radius 3 is 2.53 bits per heavy atom. The molecule has 2 unspecified atom stereocenters. The summed E-state index contributed by atoms with van der Waals surface area (Å²) in [7, 11) is 0. The molecule has 0 aliphatic carbocycles. The lowest BCUT2D eigenvalue weighted by atomic mass is 10.0. The third-order valence-corrected chi connectivity index (χ3v) is 3.82. The molecule has 0 aromatic heterocycles. The summed E-state index contributed by atoms with van der Waals surface area (Å²) in [4.78, 5) is 2.41. The van der Waals surface area contributed by atoms with E-state index in [1.807, 2.05) is 12.1 Å². The van der Waals surface area contributed by atoms with E-state index in [1.54, 1.807) is 6.07 Å². The number of benzene rings is 1. The van der Waals surface area contributed by atoms with Gasteiger partial charge in [-0.1, -0.05) is 23.2 Å². The fourth-order valence-electron chi connectivity index (χ4n) is 2.40. The van der Waals surface area contributed by atoms with Crippen molar-refractivity contribution in [2.75, 3.05) is 13.1 Å². The minimum absolute atomic E-state index is 0.281. The summed E-state index contributed by atoms with van der Waals surface area (Å²) in [5.74, 6) is 0.615. The van der Waals surface area contributed by atoms with Gasteiger partial charge in [-0.25, -0.2) is 0 Å². The maximum absolute atomic E-state index is 5.99. The first kappa shape index (κ1) is 13.2. The van der Waals surface area contributed by atoms with Gasteiger partial charge in [0.25, 0.3) is 0 Å². The topological polar surface area (TPSA) is 29.3 Å². The van der Waals surface area contributed by atoms with Crippen LogP contribution in [0, 0.1) is 5.92 Å². The molecule has 0 saturated carbocycles. The summed E-state index contributed by atoms with van der Waals surface area (Å²) >= 11 is 12.0. The van der Waals surface area contributed by atoms with Gasteiger partial charge in [0.15, 0.2) is 0 Å². The molecule has 2 rings (SSSR count). The molecule has 1 saturated heterocycles. The molecule has 2 atom stereocenters. The van der Waals surface area contributed by atoms with Crippen LogP contribution in [0.3, 0.4) is 0 Å². The van der Waals surface area contributed by atoms with Crippen LogP contribution in [0.5, 0.6) is 0 Å². The molecule has 0 bridgehead atoms. The van der Waals surface area contributed by atoms with E-state index in [-0.39, 0.29) is 6.04 Å². The zero-order chi connectivity index (χ0) is 12.4. The first-order valence-electron chi connectivity index (χ1n) is 5.97. The Morgan fingerprint density at radius 2 is 2.00 bits per heavy atom. The molecular formula is C13H18Cl2N2. The van der Waals surface area contributed by atoms with Crippen LogP contribution in [-0.2, 0) is 6.54 Å². The highest BCUT2D eigenvalue weighted by atomic mass is 35.5. The van der Waals surface area contributed by atoms with Crippen molar-refractivity contribution in [1.29, 1.82) is 0 Å². The summed E-state index contributed by atoms with van der Waals surface area (Å²) < 4.78 is 0. The van der Waals surface area contributed by atoms with Gasteiger partial charge in [-0.3, -0.25) is 4.90 Å². The predicted molar refractivity (Wildman–Crippen MR) is 73.5 cm³/mol. The second kappa shape index (κ2) is 5.57. The molecule has 1 aromatic rings. The molecular weight excluding hydrogens is 255 g/mol. The predicted octanol–water partition coefficient (Wildman–Crippen LogP) is 3.16. The van der Waals surface area contributed by atoms with Gasteiger partial charge in [0.05, 0.1) is 0 Å². The average molecular weight is 273 g/mol. The number of rotatable bonds is 3. The second-order valence-corrected chi connectivity index (χ2v) is 5.79. The highest BCUT2D eigenvalue weighted by molar-refractivity contribution is 6.34. The van der Waals surface area contributed by atoms with Gasteiger partial charge in [0.2, 0.25) is 0 Å². The summed E-state index contributed by atoms with van der Waals surface area (Å²) in [6.07, 6.45) is 1.19. The minimum Gasteiger partial charge on any atom is -0.328 e. The average Bonchev–Trinajstić information content (AvgIpc) is 2.64. The van der Waals surface area contributed by atoms with Crippen LogP contribution < -0.4 is 5.73 Å². The molecule has 1 heterocycles. The maximum Gasteiger partial charge on any atom is 0.0424 e. The lowest BCUT2D eigenvalue weighted by Crippen LogP contribution is -2.29. The molecule has 17 heavy (non-hydrogen) atoms. The molecule has 1 aliphatic heterocycles. The highest BCUT2D eigenvalue weighted by Crippen LogP contribution is 2.24. The zero-order valence-electron chi connectivity index (χ0n) is 10.00. The molecule has 2 nitrogen and oxygen atoms in total. The van der Waals surface area contributed by atoms with Crippen molar-refractivity contribution >= 4 is 23.2 Å². The standard InChI is InChI=1S/C13H18Cl2N2/c1-9(16)11-2-3-17(8-11)7-10-4-12(14)6-13(15)5-10/h4-6,9,11H,2-3,7-8,16H2,1H3. The Kier molecular flexibility index (Phi) is 4.31. The summed E-state index contributed by atoms with van der Waals surface area (Å²) in [5.41, 5.74) is 7.11. The van der Waals surface area contributed by atoms with Gasteiger partial charge in [0, 0.05) is 29.2 Å². The number of nitrogens with zero attached hydrogens (tertiary/aromatic N) is 1. The second-order valence-electron chi connectivity index (χ2n) is 4.92. The largest absolute Gasteiger partial charge is 0.328 e. The Morgan fingerprint density at radius 1 is 1.35 bits per heavy atom. The van der Waals surface area contributed by atoms with Gasteiger partial charge < -0.3 is 5.73 Å². The van der Waals surface area contributed by atoms with Crippen molar-refractivity contribution in [3.05, 3.63) is 33.8 Å². The van der Waals surface area contributed by atoms with Crippen molar-refractivity contribution < 1.29 is 0 Å². The quantitative estimate of drug-likeness (QED) is 0.916. The van der Waals surface area contributed by atoms with Crippen molar-refractivity contribution in [3.8, 4) is 0 Å². The fourth-order valence-corrected chi connectivity index (χ4v) is 2.97. The molecule has 94 valence electrons. The van der Waals surface area contributed by atoms with Gasteiger partial charge in [-0.15, -0.1) is 0 Å². The first-order chi connectivity index (χ1) is 8.04. The molecule has 1 aromatic carbocycles. The number of hydrogen-bond donors (Lipinski definition) is 1. The number of likely N-dealkylation sites (tertiary alicyclic amines) is 1. The van der Waals surface area contributed by atoms with E-state index in [2.05, 4.69) is 11.8 Å². The Balaban J connectivity index is 1.98. The van der Waals surface area contributed by atoms with Gasteiger partial charge >= 0.3 is 0 Å². The maximum atomic E-state index is 5.99. The minimum atomic E-state index is 0.281. The molecule has 2 N–H and O–H groups in total. The van der Waals surface area contributed by atoms with Gasteiger partial charge in [-0.05, 0) is 49.6 Å². The zero-order valence-corrected chi connectivity index (χ0v) is 11.5. The van der Waals surface area contributed by atoms with Crippen LogP contribution in [0.15, 0.2) is 18.2 Å². The normalized spacial score (nSPS) is 22.9. The monoisotopic (exact) mass is 272 g/mol. The summed E-state index contributed by atoms with van der Waals surface area (Å²) in [6.45, 7) is 5.17. The SMILES string of the molecule is CC(N)C1CCN(Cc2cc(Cl)cc(Cl)c2)C1. The van der Waals surface area contributed by atoms with Crippen LogP contribution in [0.4, 0.5) is 0 Å². The summed E-state index contributed by atoms with van der Waals surface area (Å²) in [5, 5.41) is 1.41. The Bertz CT molecular complexity index is 373. The van der Waals surface area contributed by atoms with Crippen molar-refractivity contribution in [1.82, 2.24) is 4.90 Å². The number of hydrogen-bond acceptors (Lipinski definition) is 2. The molecule has 1 fully saturated rings. The van der Waals surface area contributed by atoms with Crippen molar-refractivity contribution in [3.63, 3.8) is 0 Å². The molecule has 0 spiro atoms. The van der Waals surface area contributed by atoms with Gasteiger partial charge in [-0.2, -0.15) is 0 Å². The van der Waals surface area contributed by atoms with Crippen LogP contribution in [-0.4, -0.2) is 24.0 Å². The molecule has 1 aliphatic rings. The summed E-state index contributed by atoms with van der Waals surface area (Å²) in [6, 6.07) is 6.00. The van der Waals surface area contributed by atoms with E-state index in [0.29, 0.717) is 16.0 Å². The lowest BCUT2D eigenvalue weighted by Gasteiger charge is -2.18. The smallest absolute Gasteiger partial charge is 0.0424 e. The van der Waals surface area contributed by atoms with Crippen LogP contribution in [0.1, 0.15) is 18.9 Å². The fraction of sp³-hybridized carbons (Fsp3) is 0.538. The van der Waals surface area contributed by atoms with E-state index < -0.39 is 0 Å². The van der Waals surface area contributed by atoms with Crippen LogP contribution in [0.2, 0.25) is 10.0 Å². The van der Waals surface area contributed by atoms with E-state index in [4.69, 9.17) is 28.9 Å². The van der Waals surface area contributed by atoms with E-state index in [9.17, 15) is 0 Å². The number of halogens is 2. The molecule has 0 radical (unpaired) electrons. The van der Waals surface area contributed by atoms with Gasteiger partial charge in [0.1, 0.15) is 0 Å². The lowest BCUT2D eigenvalue weighted by molar-refractivity contribution is 0.308. The number of nitrogens with two attached hydrogens (primary N) is 1. The molecule has 0 amide bonds. The van der Waals surface area contributed by atoms with Crippen LogP contribution >= 0.6 is 23.2 Å². The van der Waals surface area contributed by atoms with Crippen molar-refractivity contribution in [2.24, 2.45) is 11.7 Å². The highest BCUT2D eigenvalue weighted by Gasteiger charge is 2.24. The third kappa shape index (κ3) is 3.59. The van der Waals surface area contributed by atoms with Crippen LogP contribution in [0.25, 0.3) is 0 Å². The van der Waals surface area contributed by atoms with E-state index >= 15 is 0 Å². The molecule has 4 heteroatoms. The van der Waals surface area contributed by atoms with E-state index in [1.165, 1.54) is 12.0 Å².